The van der Waals surface area contributed by atoms with Crippen LogP contribution in [0.4, 0.5) is 0 Å². The van der Waals surface area contributed by atoms with E-state index in [1.54, 1.807) is 11.8 Å². The maximum atomic E-state index is 6.34. The van der Waals surface area contributed by atoms with Crippen LogP contribution in [0.1, 0.15) is 0 Å². The molecule has 2 aliphatic heterocycles. The number of ether oxygens (including phenoxy) is 1. The third-order valence-electron chi connectivity index (χ3n) is 4.39. The van der Waals surface area contributed by atoms with Gasteiger partial charge in [-0.1, -0.05) is 35.5 Å². The number of benzene rings is 1. The molecule has 1 fully saturated rings. The molecular weight excluding hydrogens is 346 g/mol. The highest BCUT2D eigenvalue weighted by atomic mass is 35.5. The van der Waals surface area contributed by atoms with Crippen LogP contribution in [0.5, 0.6) is 0 Å². The van der Waals surface area contributed by atoms with E-state index in [9.17, 15) is 0 Å². The summed E-state index contributed by atoms with van der Waals surface area (Å²) in [5, 5.41) is 10.4. The van der Waals surface area contributed by atoms with E-state index in [-0.39, 0.29) is 0 Å². The summed E-state index contributed by atoms with van der Waals surface area (Å²) in [5.74, 6) is 1.80. The number of thioether (sulfide) groups is 1. The number of hydrogen-bond donors (Lipinski definition) is 0. The molecule has 2 aliphatic rings. The van der Waals surface area contributed by atoms with Crippen LogP contribution in [0.25, 0.3) is 11.4 Å². The van der Waals surface area contributed by atoms with Gasteiger partial charge in [-0.25, -0.2) is 0 Å². The molecule has 0 bridgehead atoms. The van der Waals surface area contributed by atoms with Crippen LogP contribution in [0.15, 0.2) is 29.4 Å². The van der Waals surface area contributed by atoms with E-state index in [1.807, 2.05) is 24.3 Å². The number of rotatable bonds is 4. The Morgan fingerprint density at radius 1 is 1.08 bits per heavy atom. The van der Waals surface area contributed by atoms with Crippen molar-refractivity contribution in [2.45, 2.75) is 11.8 Å². The molecule has 1 saturated heterocycles. The average molecular weight is 366 g/mol. The summed E-state index contributed by atoms with van der Waals surface area (Å²) in [4.78, 5) is 4.89. The standard InChI is InChI=1S/C16H20ClN5OS/c17-14-4-2-1-3-13(14)15-18-19-16-22(15)11-21(12-24-16)6-5-20-7-9-23-10-8-20/h1-4H,5-12H2. The third kappa shape index (κ3) is 3.45. The maximum absolute atomic E-state index is 6.34. The molecule has 128 valence electrons. The molecule has 2 aromatic rings. The molecule has 0 N–H and O–H groups in total. The van der Waals surface area contributed by atoms with Crippen molar-refractivity contribution in [2.24, 2.45) is 0 Å². The van der Waals surface area contributed by atoms with Crippen LogP contribution < -0.4 is 0 Å². The van der Waals surface area contributed by atoms with Crippen LogP contribution in [-0.4, -0.2) is 69.8 Å². The van der Waals surface area contributed by atoms with Crippen molar-refractivity contribution in [3.63, 3.8) is 0 Å². The Morgan fingerprint density at radius 2 is 1.88 bits per heavy atom. The van der Waals surface area contributed by atoms with Crippen molar-refractivity contribution in [3.8, 4) is 11.4 Å². The Hall–Kier alpha value is -1.12. The van der Waals surface area contributed by atoms with Crippen LogP contribution in [0.2, 0.25) is 5.02 Å². The number of aromatic nitrogens is 3. The van der Waals surface area contributed by atoms with Gasteiger partial charge in [0.2, 0.25) is 0 Å². The quantitative estimate of drug-likeness (QED) is 0.828. The second kappa shape index (κ2) is 7.41. The summed E-state index contributed by atoms with van der Waals surface area (Å²) in [5.41, 5.74) is 0.938. The Bertz CT molecular complexity index is 704. The molecule has 0 saturated carbocycles. The summed E-state index contributed by atoms with van der Waals surface area (Å²) in [6, 6.07) is 7.80. The Balaban J connectivity index is 1.46. The highest BCUT2D eigenvalue weighted by molar-refractivity contribution is 7.99. The molecule has 8 heteroatoms. The molecule has 3 heterocycles. The number of fused-ring (bicyclic) bond motifs is 1. The Kier molecular flexibility index (Phi) is 5.05. The van der Waals surface area contributed by atoms with Gasteiger partial charge in [0, 0.05) is 31.7 Å². The van der Waals surface area contributed by atoms with Gasteiger partial charge in [0.1, 0.15) is 0 Å². The van der Waals surface area contributed by atoms with Crippen molar-refractivity contribution in [2.75, 3.05) is 45.3 Å². The lowest BCUT2D eigenvalue weighted by Gasteiger charge is -2.32. The molecule has 0 radical (unpaired) electrons. The van der Waals surface area contributed by atoms with Crippen molar-refractivity contribution in [1.82, 2.24) is 24.6 Å². The topological polar surface area (TPSA) is 46.4 Å². The van der Waals surface area contributed by atoms with E-state index in [2.05, 4.69) is 24.6 Å². The third-order valence-corrected chi connectivity index (χ3v) is 5.77. The first-order valence-corrected chi connectivity index (χ1v) is 9.51. The highest BCUT2D eigenvalue weighted by Crippen LogP contribution is 2.31. The van der Waals surface area contributed by atoms with Crippen molar-refractivity contribution in [1.29, 1.82) is 0 Å². The minimum Gasteiger partial charge on any atom is -0.379 e. The zero-order valence-electron chi connectivity index (χ0n) is 13.4. The molecule has 6 nitrogen and oxygen atoms in total. The maximum Gasteiger partial charge on any atom is 0.193 e. The second-order valence-electron chi connectivity index (χ2n) is 5.98. The number of morpholine rings is 1. The summed E-state index contributed by atoms with van der Waals surface area (Å²) < 4.78 is 7.57. The molecule has 0 aliphatic carbocycles. The monoisotopic (exact) mass is 365 g/mol. The largest absolute Gasteiger partial charge is 0.379 e. The zero-order chi connectivity index (χ0) is 16.4. The van der Waals surface area contributed by atoms with Crippen molar-refractivity contribution >= 4 is 23.4 Å². The minimum absolute atomic E-state index is 0.711. The van der Waals surface area contributed by atoms with Gasteiger partial charge in [-0.05, 0) is 12.1 Å². The van der Waals surface area contributed by atoms with Gasteiger partial charge >= 0.3 is 0 Å². The number of hydrogen-bond acceptors (Lipinski definition) is 6. The van der Waals surface area contributed by atoms with Crippen LogP contribution in [-0.2, 0) is 11.4 Å². The zero-order valence-corrected chi connectivity index (χ0v) is 15.0. The summed E-state index contributed by atoms with van der Waals surface area (Å²) >= 11 is 8.07. The molecule has 0 atom stereocenters. The lowest BCUT2D eigenvalue weighted by molar-refractivity contribution is 0.0325. The van der Waals surface area contributed by atoms with Gasteiger partial charge in [-0.2, -0.15) is 0 Å². The molecular formula is C16H20ClN5OS. The van der Waals surface area contributed by atoms with E-state index in [0.717, 1.165) is 68.5 Å². The Morgan fingerprint density at radius 3 is 2.71 bits per heavy atom. The van der Waals surface area contributed by atoms with Gasteiger partial charge < -0.3 is 4.74 Å². The predicted molar refractivity (Wildman–Crippen MR) is 95.2 cm³/mol. The fourth-order valence-corrected chi connectivity index (χ4v) is 4.13. The van der Waals surface area contributed by atoms with E-state index in [0.29, 0.717) is 5.02 Å². The first kappa shape index (κ1) is 16.4. The smallest absolute Gasteiger partial charge is 0.193 e. The first-order chi connectivity index (χ1) is 11.8. The second-order valence-corrected chi connectivity index (χ2v) is 7.30. The van der Waals surface area contributed by atoms with Gasteiger partial charge in [0.25, 0.3) is 0 Å². The van der Waals surface area contributed by atoms with Gasteiger partial charge in [-0.15, -0.1) is 10.2 Å². The fourth-order valence-electron chi connectivity index (χ4n) is 3.00. The highest BCUT2D eigenvalue weighted by Gasteiger charge is 2.23. The van der Waals surface area contributed by atoms with E-state index in [1.165, 1.54) is 0 Å². The van der Waals surface area contributed by atoms with Crippen LogP contribution in [0.3, 0.4) is 0 Å². The van der Waals surface area contributed by atoms with Crippen molar-refractivity contribution in [3.05, 3.63) is 29.3 Å². The number of halogens is 1. The lowest BCUT2D eigenvalue weighted by atomic mass is 10.2. The lowest BCUT2D eigenvalue weighted by Crippen LogP contribution is -2.42. The molecule has 1 aromatic heterocycles. The SMILES string of the molecule is Clc1ccccc1-c1nnc2n1CN(CCN1CCOCC1)CS2. The van der Waals surface area contributed by atoms with E-state index in [4.69, 9.17) is 16.3 Å². The molecule has 1 aromatic carbocycles. The van der Waals surface area contributed by atoms with Gasteiger partial charge in [-0.3, -0.25) is 14.4 Å². The van der Waals surface area contributed by atoms with Crippen LogP contribution >= 0.6 is 23.4 Å². The number of nitrogens with zero attached hydrogens (tertiary/aromatic N) is 5. The molecule has 0 amide bonds. The Labute approximate surface area is 150 Å². The molecule has 24 heavy (non-hydrogen) atoms. The normalized spacial score (nSPS) is 19.4. The summed E-state index contributed by atoms with van der Waals surface area (Å²) in [7, 11) is 0. The minimum atomic E-state index is 0.711. The van der Waals surface area contributed by atoms with E-state index < -0.39 is 0 Å². The van der Waals surface area contributed by atoms with E-state index >= 15 is 0 Å². The van der Waals surface area contributed by atoms with Gasteiger partial charge in [0.05, 0.1) is 30.8 Å². The summed E-state index contributed by atoms with van der Waals surface area (Å²) in [6.07, 6.45) is 0. The van der Waals surface area contributed by atoms with Crippen LogP contribution in [0, 0.1) is 0 Å². The van der Waals surface area contributed by atoms with Crippen molar-refractivity contribution < 1.29 is 4.74 Å². The average Bonchev–Trinajstić information content (AvgIpc) is 3.04. The van der Waals surface area contributed by atoms with Gasteiger partial charge in [0.15, 0.2) is 11.0 Å². The first-order valence-electron chi connectivity index (χ1n) is 8.14. The molecule has 4 rings (SSSR count). The summed E-state index contributed by atoms with van der Waals surface area (Å²) in [6.45, 7) is 6.67. The fraction of sp³-hybridized carbons (Fsp3) is 0.500. The molecule has 0 unspecified atom stereocenters. The predicted octanol–water partition coefficient (Wildman–Crippen LogP) is 2.25. The molecule has 0 spiro atoms.